The Bertz CT molecular complexity index is 262. The van der Waals surface area contributed by atoms with Crippen LogP contribution in [0.2, 0.25) is 0 Å². The highest BCUT2D eigenvalue weighted by Crippen LogP contribution is 2.31. The van der Waals surface area contributed by atoms with Crippen molar-refractivity contribution in [3.63, 3.8) is 0 Å². The maximum absolute atomic E-state index is 10.8. The number of carbonyl (C=O) groups is 1. The van der Waals surface area contributed by atoms with E-state index in [1.54, 1.807) is 0 Å². The van der Waals surface area contributed by atoms with E-state index in [1.807, 2.05) is 11.8 Å². The highest BCUT2D eigenvalue weighted by molar-refractivity contribution is 8.00. The molecule has 0 aromatic heterocycles. The summed E-state index contributed by atoms with van der Waals surface area (Å²) in [7, 11) is 0. The first-order valence-corrected chi connectivity index (χ1v) is 6.88. The third kappa shape index (κ3) is 2.90. The maximum atomic E-state index is 10.8. The minimum Gasteiger partial charge on any atom is -0.481 e. The van der Waals surface area contributed by atoms with Crippen LogP contribution in [-0.2, 0) is 9.53 Å². The molecular weight excluding hydrogens is 226 g/mol. The molecule has 0 amide bonds. The van der Waals surface area contributed by atoms with E-state index in [4.69, 9.17) is 9.84 Å². The summed E-state index contributed by atoms with van der Waals surface area (Å²) in [5, 5.41) is 9.60. The molecule has 2 fully saturated rings. The Hall–Kier alpha value is -0.260. The number of aliphatic carboxylic acids is 1. The van der Waals surface area contributed by atoms with Crippen molar-refractivity contribution < 1.29 is 14.6 Å². The van der Waals surface area contributed by atoms with E-state index in [-0.39, 0.29) is 12.5 Å². The number of hydrogen-bond donors (Lipinski definition) is 1. The first kappa shape index (κ1) is 12.2. The lowest BCUT2D eigenvalue weighted by molar-refractivity contribution is -0.140. The SMILES string of the molecule is CC1CC(N2CCOCC2CC(=O)O)CS1. The van der Waals surface area contributed by atoms with Gasteiger partial charge in [-0.3, -0.25) is 9.69 Å². The summed E-state index contributed by atoms with van der Waals surface area (Å²) in [6, 6.07) is 0.621. The fourth-order valence-electron chi connectivity index (χ4n) is 2.55. The van der Waals surface area contributed by atoms with Crippen LogP contribution in [-0.4, -0.2) is 58.8 Å². The number of carboxylic acid groups (broad SMARTS) is 1. The van der Waals surface area contributed by atoms with Crippen LogP contribution in [0.3, 0.4) is 0 Å². The largest absolute Gasteiger partial charge is 0.481 e. The summed E-state index contributed by atoms with van der Waals surface area (Å²) in [5.41, 5.74) is 0. The minimum absolute atomic E-state index is 0.0714. The van der Waals surface area contributed by atoms with E-state index < -0.39 is 5.97 Å². The molecule has 16 heavy (non-hydrogen) atoms. The normalized spacial score (nSPS) is 36.4. The molecule has 0 spiro atoms. The zero-order chi connectivity index (χ0) is 11.5. The second-order valence-electron chi connectivity index (χ2n) is 4.60. The Balaban J connectivity index is 1.96. The lowest BCUT2D eigenvalue weighted by Crippen LogP contribution is -2.51. The Morgan fingerprint density at radius 2 is 2.44 bits per heavy atom. The van der Waals surface area contributed by atoms with Gasteiger partial charge in [0.05, 0.1) is 19.6 Å². The molecule has 3 unspecified atom stereocenters. The predicted molar refractivity (Wildman–Crippen MR) is 63.9 cm³/mol. The van der Waals surface area contributed by atoms with Gasteiger partial charge in [-0.15, -0.1) is 0 Å². The number of rotatable bonds is 3. The number of hydrogen-bond acceptors (Lipinski definition) is 4. The van der Waals surface area contributed by atoms with Crippen molar-refractivity contribution in [2.24, 2.45) is 0 Å². The average Bonchev–Trinajstić information content (AvgIpc) is 2.65. The highest BCUT2D eigenvalue weighted by atomic mass is 32.2. The Labute approximate surface area is 100 Å². The molecule has 2 saturated heterocycles. The summed E-state index contributed by atoms with van der Waals surface area (Å²) < 4.78 is 5.39. The van der Waals surface area contributed by atoms with Crippen LogP contribution in [0.5, 0.6) is 0 Å². The molecule has 4 nitrogen and oxygen atoms in total. The van der Waals surface area contributed by atoms with Crippen molar-refractivity contribution in [1.82, 2.24) is 4.90 Å². The van der Waals surface area contributed by atoms with Gasteiger partial charge in [0.1, 0.15) is 0 Å². The van der Waals surface area contributed by atoms with E-state index in [0.717, 1.165) is 18.9 Å². The summed E-state index contributed by atoms with van der Waals surface area (Å²) in [5.74, 6) is 0.413. The van der Waals surface area contributed by atoms with Crippen LogP contribution in [0.15, 0.2) is 0 Å². The topological polar surface area (TPSA) is 49.8 Å². The molecule has 92 valence electrons. The summed E-state index contributed by atoms with van der Waals surface area (Å²) >= 11 is 1.99. The van der Waals surface area contributed by atoms with Gasteiger partial charge in [0.15, 0.2) is 0 Å². The molecule has 1 N–H and O–H groups in total. The third-order valence-electron chi connectivity index (χ3n) is 3.33. The van der Waals surface area contributed by atoms with E-state index in [1.165, 1.54) is 6.42 Å². The fourth-order valence-corrected chi connectivity index (χ4v) is 3.79. The van der Waals surface area contributed by atoms with Crippen molar-refractivity contribution in [3.8, 4) is 0 Å². The highest BCUT2D eigenvalue weighted by Gasteiger charge is 2.34. The standard InChI is InChI=1S/C11H19NO3S/c1-8-4-10(7-16-8)12-2-3-15-6-9(12)5-11(13)14/h8-10H,2-7H2,1H3,(H,13,14). The zero-order valence-electron chi connectivity index (χ0n) is 9.59. The molecule has 2 heterocycles. The summed E-state index contributed by atoms with van der Waals surface area (Å²) in [6.45, 7) is 4.45. The van der Waals surface area contributed by atoms with E-state index in [0.29, 0.717) is 17.9 Å². The lowest BCUT2D eigenvalue weighted by atomic mass is 10.1. The summed E-state index contributed by atoms with van der Waals surface area (Å²) in [4.78, 5) is 13.2. The van der Waals surface area contributed by atoms with Gasteiger partial charge >= 0.3 is 5.97 Å². The van der Waals surface area contributed by atoms with Crippen LogP contribution in [0, 0.1) is 0 Å². The molecule has 0 bridgehead atoms. The van der Waals surface area contributed by atoms with Gasteiger partial charge in [-0.25, -0.2) is 0 Å². The smallest absolute Gasteiger partial charge is 0.305 e. The van der Waals surface area contributed by atoms with Crippen LogP contribution in [0.4, 0.5) is 0 Å². The molecule has 0 radical (unpaired) electrons. The zero-order valence-corrected chi connectivity index (χ0v) is 10.4. The van der Waals surface area contributed by atoms with Crippen LogP contribution >= 0.6 is 11.8 Å². The number of thioether (sulfide) groups is 1. The number of carboxylic acids is 1. The lowest BCUT2D eigenvalue weighted by Gasteiger charge is -2.38. The average molecular weight is 245 g/mol. The molecule has 0 saturated carbocycles. The van der Waals surface area contributed by atoms with Gasteiger partial charge in [0, 0.05) is 29.6 Å². The Morgan fingerprint density at radius 1 is 1.62 bits per heavy atom. The molecule has 5 heteroatoms. The van der Waals surface area contributed by atoms with Gasteiger partial charge in [0.2, 0.25) is 0 Å². The number of nitrogens with zero attached hydrogens (tertiary/aromatic N) is 1. The first-order valence-electron chi connectivity index (χ1n) is 5.83. The van der Waals surface area contributed by atoms with Gasteiger partial charge < -0.3 is 9.84 Å². The molecule has 0 aliphatic carbocycles. The van der Waals surface area contributed by atoms with Crippen molar-refractivity contribution in [2.45, 2.75) is 37.1 Å². The van der Waals surface area contributed by atoms with E-state index in [2.05, 4.69) is 11.8 Å². The van der Waals surface area contributed by atoms with Crippen molar-refractivity contribution in [3.05, 3.63) is 0 Å². The quantitative estimate of drug-likeness (QED) is 0.805. The Kier molecular flexibility index (Phi) is 4.10. The third-order valence-corrected chi connectivity index (χ3v) is 4.67. The number of ether oxygens (including phenoxy) is 1. The Morgan fingerprint density at radius 3 is 3.06 bits per heavy atom. The van der Waals surface area contributed by atoms with Gasteiger partial charge in [0.25, 0.3) is 0 Å². The molecule has 2 rings (SSSR count). The van der Waals surface area contributed by atoms with Crippen molar-refractivity contribution >= 4 is 17.7 Å². The first-order chi connectivity index (χ1) is 7.66. The van der Waals surface area contributed by atoms with Crippen LogP contribution < -0.4 is 0 Å². The van der Waals surface area contributed by atoms with Crippen LogP contribution in [0.1, 0.15) is 19.8 Å². The molecule has 3 atom stereocenters. The fraction of sp³-hybridized carbons (Fsp3) is 0.909. The maximum Gasteiger partial charge on any atom is 0.305 e. The minimum atomic E-state index is -0.723. The van der Waals surface area contributed by atoms with E-state index in [9.17, 15) is 4.79 Å². The van der Waals surface area contributed by atoms with Crippen molar-refractivity contribution in [2.75, 3.05) is 25.5 Å². The predicted octanol–water partition coefficient (Wildman–Crippen LogP) is 1.06. The molecule has 0 aromatic carbocycles. The number of morpholine rings is 1. The van der Waals surface area contributed by atoms with Crippen LogP contribution in [0.25, 0.3) is 0 Å². The van der Waals surface area contributed by atoms with Crippen molar-refractivity contribution in [1.29, 1.82) is 0 Å². The second-order valence-corrected chi connectivity index (χ2v) is 6.07. The van der Waals surface area contributed by atoms with E-state index >= 15 is 0 Å². The van der Waals surface area contributed by atoms with Gasteiger partial charge in [-0.2, -0.15) is 11.8 Å². The van der Waals surface area contributed by atoms with Gasteiger partial charge in [-0.05, 0) is 6.42 Å². The summed E-state index contributed by atoms with van der Waals surface area (Å²) in [6.07, 6.45) is 1.39. The molecular formula is C11H19NO3S. The molecule has 0 aromatic rings. The second kappa shape index (κ2) is 5.38. The molecule has 2 aliphatic heterocycles. The molecule has 2 aliphatic rings. The van der Waals surface area contributed by atoms with Gasteiger partial charge in [-0.1, -0.05) is 6.92 Å². The monoisotopic (exact) mass is 245 g/mol.